The molecular formula is C29H33Cl2N3O5S. The van der Waals surface area contributed by atoms with Gasteiger partial charge in [0.25, 0.3) is 10.0 Å². The summed E-state index contributed by atoms with van der Waals surface area (Å²) in [5.41, 5.74) is 0.749. The van der Waals surface area contributed by atoms with Crippen LogP contribution in [0.5, 0.6) is 5.75 Å². The Morgan fingerprint density at radius 2 is 1.55 bits per heavy atom. The normalized spacial score (nSPS) is 11.9. The van der Waals surface area contributed by atoms with Crippen molar-refractivity contribution in [2.75, 3.05) is 24.0 Å². The Balaban J connectivity index is 2.02. The fourth-order valence-electron chi connectivity index (χ4n) is 3.96. The molecule has 3 aromatic carbocycles. The lowest BCUT2D eigenvalue weighted by Crippen LogP contribution is -2.51. The molecule has 0 unspecified atom stereocenters. The van der Waals surface area contributed by atoms with E-state index in [-0.39, 0.29) is 17.3 Å². The molecular weight excluding hydrogens is 573 g/mol. The molecule has 0 heterocycles. The van der Waals surface area contributed by atoms with Crippen molar-refractivity contribution in [1.82, 2.24) is 10.2 Å². The second-order valence-electron chi connectivity index (χ2n) is 8.94. The molecule has 11 heteroatoms. The minimum Gasteiger partial charge on any atom is -0.494 e. The van der Waals surface area contributed by atoms with E-state index in [4.69, 9.17) is 27.9 Å². The quantitative estimate of drug-likeness (QED) is 0.276. The van der Waals surface area contributed by atoms with Crippen LogP contribution in [0.2, 0.25) is 10.0 Å². The molecule has 0 aromatic heterocycles. The van der Waals surface area contributed by atoms with Gasteiger partial charge in [0.15, 0.2) is 0 Å². The summed E-state index contributed by atoms with van der Waals surface area (Å²) in [6.45, 7) is 5.55. The smallest absolute Gasteiger partial charge is 0.264 e. The van der Waals surface area contributed by atoms with E-state index in [1.54, 1.807) is 67.6 Å². The van der Waals surface area contributed by atoms with E-state index < -0.39 is 28.5 Å². The molecule has 0 aliphatic carbocycles. The summed E-state index contributed by atoms with van der Waals surface area (Å²) in [5.74, 6) is -0.453. The van der Waals surface area contributed by atoms with Crippen molar-refractivity contribution in [3.63, 3.8) is 0 Å². The standard InChI is InChI=1S/C29H33Cl2N3O5S/c1-4-18-32-29(36)21(3)33(19-25-26(30)12-9-13-27(25)31)28(35)20-34(22-10-7-6-8-11-22)40(37,38)24-16-14-23(15-17-24)39-5-2/h6-17,21H,4-5,18-20H2,1-3H3,(H,32,36)/t21-/m1/s1. The molecule has 0 aliphatic rings. The molecule has 1 N–H and O–H groups in total. The van der Waals surface area contributed by atoms with Crippen LogP contribution in [-0.2, 0) is 26.2 Å². The number of anilines is 1. The number of para-hydroxylation sites is 1. The highest BCUT2D eigenvalue weighted by Crippen LogP contribution is 2.28. The molecule has 0 spiro atoms. The third kappa shape index (κ3) is 7.68. The van der Waals surface area contributed by atoms with Crippen LogP contribution < -0.4 is 14.4 Å². The first-order valence-corrected chi connectivity index (χ1v) is 15.1. The number of rotatable bonds is 13. The highest BCUT2D eigenvalue weighted by molar-refractivity contribution is 7.92. The number of nitrogens with zero attached hydrogens (tertiary/aromatic N) is 2. The molecule has 0 saturated carbocycles. The summed E-state index contributed by atoms with van der Waals surface area (Å²) in [6.07, 6.45) is 0.713. The van der Waals surface area contributed by atoms with Gasteiger partial charge in [0.05, 0.1) is 17.2 Å². The average molecular weight is 607 g/mol. The summed E-state index contributed by atoms with van der Waals surface area (Å²) in [6, 6.07) is 18.3. The molecule has 8 nitrogen and oxygen atoms in total. The Kier molecular flexibility index (Phi) is 11.2. The van der Waals surface area contributed by atoms with Crippen LogP contribution in [0.25, 0.3) is 0 Å². The molecule has 3 rings (SSSR count). The van der Waals surface area contributed by atoms with Gasteiger partial charge in [-0.2, -0.15) is 0 Å². The fraction of sp³-hybridized carbons (Fsp3) is 0.310. The number of carbonyl (C=O) groups excluding carboxylic acids is 2. The van der Waals surface area contributed by atoms with Crippen LogP contribution >= 0.6 is 23.2 Å². The van der Waals surface area contributed by atoms with Crippen LogP contribution in [0.3, 0.4) is 0 Å². The summed E-state index contributed by atoms with van der Waals surface area (Å²) in [5, 5.41) is 3.45. The van der Waals surface area contributed by atoms with Crippen molar-refractivity contribution in [3.05, 3.63) is 88.4 Å². The topological polar surface area (TPSA) is 96.0 Å². The van der Waals surface area contributed by atoms with Gasteiger partial charge in [0, 0.05) is 28.7 Å². The zero-order valence-corrected chi connectivity index (χ0v) is 25.0. The van der Waals surface area contributed by atoms with E-state index >= 15 is 0 Å². The third-order valence-electron chi connectivity index (χ3n) is 6.15. The number of ether oxygens (including phenoxy) is 1. The molecule has 40 heavy (non-hydrogen) atoms. The predicted molar refractivity (Wildman–Crippen MR) is 158 cm³/mol. The van der Waals surface area contributed by atoms with Gasteiger partial charge in [-0.3, -0.25) is 13.9 Å². The number of amides is 2. The maximum Gasteiger partial charge on any atom is 0.264 e. The van der Waals surface area contributed by atoms with Gasteiger partial charge in [0.2, 0.25) is 11.8 Å². The summed E-state index contributed by atoms with van der Waals surface area (Å²) < 4.78 is 34.2. The maximum absolute atomic E-state index is 13.9. The van der Waals surface area contributed by atoms with Gasteiger partial charge in [-0.15, -0.1) is 0 Å². The number of carbonyl (C=O) groups is 2. The Hall–Kier alpha value is -3.27. The highest BCUT2D eigenvalue weighted by atomic mass is 35.5. The van der Waals surface area contributed by atoms with Gasteiger partial charge in [-0.05, 0) is 68.8 Å². The van der Waals surface area contributed by atoms with Crippen molar-refractivity contribution < 1.29 is 22.7 Å². The molecule has 0 bridgehead atoms. The van der Waals surface area contributed by atoms with E-state index in [2.05, 4.69) is 5.32 Å². The monoisotopic (exact) mass is 605 g/mol. The molecule has 3 aromatic rings. The first-order valence-electron chi connectivity index (χ1n) is 12.9. The number of hydrogen-bond donors (Lipinski definition) is 1. The zero-order chi connectivity index (χ0) is 29.3. The van der Waals surface area contributed by atoms with Crippen LogP contribution in [0, 0.1) is 0 Å². The Morgan fingerprint density at radius 1 is 0.925 bits per heavy atom. The lowest BCUT2D eigenvalue weighted by atomic mass is 10.1. The summed E-state index contributed by atoms with van der Waals surface area (Å²) in [4.78, 5) is 28.2. The van der Waals surface area contributed by atoms with Crippen molar-refractivity contribution in [1.29, 1.82) is 0 Å². The molecule has 0 fully saturated rings. The first kappa shape index (κ1) is 31.3. The molecule has 2 amide bonds. The lowest BCUT2D eigenvalue weighted by Gasteiger charge is -2.32. The second-order valence-corrected chi connectivity index (χ2v) is 11.6. The molecule has 214 valence electrons. The number of halogens is 2. The maximum atomic E-state index is 13.9. The fourth-order valence-corrected chi connectivity index (χ4v) is 5.89. The van der Waals surface area contributed by atoms with E-state index in [1.807, 2.05) is 13.8 Å². The summed E-state index contributed by atoms with van der Waals surface area (Å²) >= 11 is 12.8. The highest BCUT2D eigenvalue weighted by Gasteiger charge is 2.33. The van der Waals surface area contributed by atoms with Crippen molar-refractivity contribution >= 4 is 50.7 Å². The second kappa shape index (κ2) is 14.4. The van der Waals surface area contributed by atoms with Gasteiger partial charge >= 0.3 is 0 Å². The number of nitrogens with one attached hydrogen (secondary N) is 1. The average Bonchev–Trinajstić information content (AvgIpc) is 2.95. The molecule has 0 saturated heterocycles. The SMILES string of the molecule is CCCNC(=O)[C@@H](C)N(Cc1c(Cl)cccc1Cl)C(=O)CN(c1ccccc1)S(=O)(=O)c1ccc(OCC)cc1. The van der Waals surface area contributed by atoms with Gasteiger partial charge < -0.3 is 15.0 Å². The van der Waals surface area contributed by atoms with Crippen LogP contribution in [0.4, 0.5) is 5.69 Å². The number of sulfonamides is 1. The van der Waals surface area contributed by atoms with Gasteiger partial charge in [0.1, 0.15) is 18.3 Å². The Labute approximate surface area is 245 Å². The van der Waals surface area contributed by atoms with E-state index in [9.17, 15) is 18.0 Å². The summed E-state index contributed by atoms with van der Waals surface area (Å²) in [7, 11) is -4.19. The number of benzene rings is 3. The largest absolute Gasteiger partial charge is 0.494 e. The minimum atomic E-state index is -4.19. The molecule has 0 radical (unpaired) electrons. The lowest BCUT2D eigenvalue weighted by molar-refractivity contribution is -0.139. The van der Waals surface area contributed by atoms with E-state index in [0.29, 0.717) is 46.6 Å². The van der Waals surface area contributed by atoms with Crippen LogP contribution in [0.15, 0.2) is 77.7 Å². The molecule has 1 atom stereocenters. The van der Waals surface area contributed by atoms with Crippen LogP contribution in [-0.4, -0.2) is 50.9 Å². The van der Waals surface area contributed by atoms with Crippen molar-refractivity contribution in [2.24, 2.45) is 0 Å². The first-order chi connectivity index (χ1) is 19.1. The van der Waals surface area contributed by atoms with E-state index in [0.717, 1.165) is 4.31 Å². The van der Waals surface area contributed by atoms with Crippen LogP contribution in [0.1, 0.15) is 32.8 Å². The number of hydrogen-bond acceptors (Lipinski definition) is 5. The third-order valence-corrected chi connectivity index (χ3v) is 8.65. The Bertz CT molecular complexity index is 1380. The molecule has 0 aliphatic heterocycles. The van der Waals surface area contributed by atoms with E-state index in [1.165, 1.54) is 17.0 Å². The zero-order valence-electron chi connectivity index (χ0n) is 22.6. The van der Waals surface area contributed by atoms with Crippen molar-refractivity contribution in [2.45, 2.75) is 44.7 Å². The predicted octanol–water partition coefficient (Wildman–Crippen LogP) is 5.53. The van der Waals surface area contributed by atoms with Gasteiger partial charge in [-0.1, -0.05) is 54.4 Å². The van der Waals surface area contributed by atoms with Crippen molar-refractivity contribution in [3.8, 4) is 5.75 Å². The van der Waals surface area contributed by atoms with Gasteiger partial charge in [-0.25, -0.2) is 8.42 Å². The minimum absolute atomic E-state index is 0.0120. The Morgan fingerprint density at radius 3 is 2.12 bits per heavy atom.